The molecule has 0 aromatic carbocycles. The third-order valence-corrected chi connectivity index (χ3v) is 9.89. The molecule has 0 amide bonds. The molecule has 14 nitrogen and oxygen atoms in total. The van der Waals surface area contributed by atoms with E-state index in [1.165, 1.54) is 0 Å². The molecule has 2 atom stereocenters. The van der Waals surface area contributed by atoms with E-state index in [-0.39, 0.29) is 43.0 Å². The summed E-state index contributed by atoms with van der Waals surface area (Å²) in [7, 11) is 0. The minimum Gasteiger partial charge on any atom is -0.466 e. The summed E-state index contributed by atoms with van der Waals surface area (Å²) in [6, 6.07) is 0.653. The van der Waals surface area contributed by atoms with Crippen molar-refractivity contribution in [2.24, 2.45) is 11.5 Å². The quantitative estimate of drug-likeness (QED) is 0.0435. The van der Waals surface area contributed by atoms with Crippen LogP contribution in [0.1, 0.15) is 144 Å². The first-order valence-electron chi connectivity index (χ1n) is 21.5. The van der Waals surface area contributed by atoms with E-state index < -0.39 is 11.2 Å². The van der Waals surface area contributed by atoms with Crippen molar-refractivity contribution in [3.8, 4) is 0 Å². The highest BCUT2D eigenvalue weighted by atomic mass is 16.5. The Morgan fingerprint density at radius 2 is 0.982 bits per heavy atom. The lowest BCUT2D eigenvalue weighted by Crippen LogP contribution is -2.40. The van der Waals surface area contributed by atoms with Gasteiger partial charge in [-0.1, -0.05) is 0 Å². The molecule has 330 valence electrons. The molecule has 0 aliphatic heterocycles. The number of nitrogens with one attached hydrogen (secondary N) is 2. The number of carbonyl (C=O) groups excluding carboxylic acids is 4. The molecule has 0 bridgehead atoms. The fourth-order valence-electron chi connectivity index (χ4n) is 5.89. The number of hydrogen-bond donors (Lipinski definition) is 5. The van der Waals surface area contributed by atoms with Crippen LogP contribution in [0.5, 0.6) is 0 Å². The van der Waals surface area contributed by atoms with E-state index in [9.17, 15) is 24.3 Å². The van der Waals surface area contributed by atoms with Gasteiger partial charge in [0.25, 0.3) is 0 Å². The number of hydrogen-bond acceptors (Lipinski definition) is 14. The van der Waals surface area contributed by atoms with Gasteiger partial charge in [-0.3, -0.25) is 19.2 Å². The number of ether oxygens (including phenoxy) is 4. The standard InChI is InChI=1S/C42H83N5O9/c1-35(17-15-23-43)45-25-19-39(51)53-31-11-7-13-33-55-41(3,4)37(49)21-28-47(27-9-10-30-48)29-22-38(50)42(5,6)56-34-14-8-12-32-54-40(52)20-26-46-36(2)18-16-24-44/h35-36,45-46,48H,7-34,43-44H2,1-6H3. The van der Waals surface area contributed by atoms with Gasteiger partial charge in [0.1, 0.15) is 11.2 Å². The van der Waals surface area contributed by atoms with Crippen LogP contribution in [0, 0.1) is 0 Å². The Kier molecular flexibility index (Phi) is 32.6. The monoisotopic (exact) mass is 802 g/mol. The number of carbonyl (C=O) groups is 4. The molecule has 0 aliphatic carbocycles. The van der Waals surface area contributed by atoms with Crippen LogP contribution >= 0.6 is 0 Å². The highest BCUT2D eigenvalue weighted by Crippen LogP contribution is 2.17. The van der Waals surface area contributed by atoms with Crippen molar-refractivity contribution in [1.82, 2.24) is 15.5 Å². The Bertz CT molecular complexity index is 957. The third kappa shape index (κ3) is 30.1. The molecule has 2 unspecified atom stereocenters. The second-order valence-electron chi connectivity index (χ2n) is 16.0. The van der Waals surface area contributed by atoms with Gasteiger partial charge in [-0.15, -0.1) is 0 Å². The minimum atomic E-state index is -0.939. The molecule has 0 aromatic heterocycles. The summed E-state index contributed by atoms with van der Waals surface area (Å²) in [6.45, 7) is 17.2. The van der Waals surface area contributed by atoms with E-state index in [1.54, 1.807) is 27.7 Å². The first-order valence-corrected chi connectivity index (χ1v) is 21.5. The number of aliphatic hydroxyl groups is 1. The third-order valence-electron chi connectivity index (χ3n) is 9.89. The molecule has 0 spiro atoms. The first-order chi connectivity index (χ1) is 26.7. The summed E-state index contributed by atoms with van der Waals surface area (Å²) in [4.78, 5) is 52.4. The first kappa shape index (κ1) is 54.0. The van der Waals surface area contributed by atoms with Crippen LogP contribution in [-0.2, 0) is 38.1 Å². The van der Waals surface area contributed by atoms with E-state index in [2.05, 4.69) is 29.4 Å². The van der Waals surface area contributed by atoms with Crippen LogP contribution in [0.25, 0.3) is 0 Å². The highest BCUT2D eigenvalue weighted by molar-refractivity contribution is 5.87. The van der Waals surface area contributed by atoms with Crippen LogP contribution in [0.2, 0.25) is 0 Å². The van der Waals surface area contributed by atoms with Crippen molar-refractivity contribution < 1.29 is 43.2 Å². The second kappa shape index (κ2) is 33.9. The largest absolute Gasteiger partial charge is 0.466 e. The van der Waals surface area contributed by atoms with Gasteiger partial charge < -0.3 is 51.1 Å². The average Bonchev–Trinajstić information content (AvgIpc) is 3.15. The number of aliphatic hydroxyl groups excluding tert-OH is 1. The highest BCUT2D eigenvalue weighted by Gasteiger charge is 2.30. The number of rotatable bonds is 40. The maximum Gasteiger partial charge on any atom is 0.307 e. The summed E-state index contributed by atoms with van der Waals surface area (Å²) in [5.41, 5.74) is 9.20. The number of ketones is 2. The maximum absolute atomic E-state index is 13.2. The lowest BCUT2D eigenvalue weighted by atomic mass is 9.99. The van der Waals surface area contributed by atoms with Crippen molar-refractivity contribution in [2.45, 2.75) is 168 Å². The summed E-state index contributed by atoms with van der Waals surface area (Å²) in [6.07, 6.45) is 11.2. The summed E-state index contributed by atoms with van der Waals surface area (Å²) in [5.74, 6) is -0.421. The van der Waals surface area contributed by atoms with Crippen molar-refractivity contribution in [1.29, 1.82) is 0 Å². The van der Waals surface area contributed by atoms with Crippen molar-refractivity contribution >= 4 is 23.5 Å². The van der Waals surface area contributed by atoms with Crippen molar-refractivity contribution in [2.75, 3.05) is 78.8 Å². The SMILES string of the molecule is CC(CCCN)NCCC(=O)OCCCCCOC(C)(C)C(=O)CCN(CCCCO)CCC(=O)C(C)(C)OCCCCCOC(=O)CCNC(C)CCCN. The summed E-state index contributed by atoms with van der Waals surface area (Å²) < 4.78 is 22.6. The molecular formula is C42H83N5O9. The van der Waals surface area contributed by atoms with Gasteiger partial charge in [-0.05, 0) is 138 Å². The minimum absolute atomic E-state index is 0.00463. The molecule has 0 heterocycles. The zero-order valence-corrected chi connectivity index (χ0v) is 36.3. The molecule has 0 saturated heterocycles. The Morgan fingerprint density at radius 1 is 0.571 bits per heavy atom. The number of esters is 2. The van der Waals surface area contributed by atoms with E-state index >= 15 is 0 Å². The van der Waals surface area contributed by atoms with Gasteiger partial charge in [-0.2, -0.15) is 0 Å². The van der Waals surface area contributed by atoms with Gasteiger partial charge >= 0.3 is 11.9 Å². The number of nitrogens with zero attached hydrogens (tertiary/aromatic N) is 1. The van der Waals surface area contributed by atoms with Crippen LogP contribution in [0.3, 0.4) is 0 Å². The molecule has 56 heavy (non-hydrogen) atoms. The number of nitrogens with two attached hydrogens (primary N) is 2. The van der Waals surface area contributed by atoms with Gasteiger partial charge in [0, 0.05) is 70.9 Å². The van der Waals surface area contributed by atoms with Gasteiger partial charge in [-0.25, -0.2) is 0 Å². The Labute approximate surface area is 339 Å². The Hall–Kier alpha value is -2.04. The van der Waals surface area contributed by atoms with Gasteiger partial charge in [0.2, 0.25) is 0 Å². The lowest BCUT2D eigenvalue weighted by Gasteiger charge is -2.28. The number of unbranched alkanes of at least 4 members (excludes halogenated alkanes) is 5. The predicted molar refractivity (Wildman–Crippen MR) is 222 cm³/mol. The van der Waals surface area contributed by atoms with E-state index in [1.807, 2.05) is 0 Å². The summed E-state index contributed by atoms with van der Waals surface area (Å²) >= 11 is 0. The van der Waals surface area contributed by atoms with Crippen LogP contribution in [0.15, 0.2) is 0 Å². The van der Waals surface area contributed by atoms with Gasteiger partial charge in [0.05, 0.1) is 26.1 Å². The normalized spacial score (nSPS) is 13.2. The molecule has 0 rings (SSSR count). The summed E-state index contributed by atoms with van der Waals surface area (Å²) in [5, 5.41) is 15.9. The van der Waals surface area contributed by atoms with Crippen LogP contribution < -0.4 is 22.1 Å². The zero-order valence-electron chi connectivity index (χ0n) is 36.3. The van der Waals surface area contributed by atoms with Crippen LogP contribution in [-0.4, -0.2) is 136 Å². The Morgan fingerprint density at radius 3 is 1.38 bits per heavy atom. The zero-order chi connectivity index (χ0) is 42.1. The second-order valence-corrected chi connectivity index (χ2v) is 16.0. The molecule has 0 saturated carbocycles. The van der Waals surface area contributed by atoms with Crippen molar-refractivity contribution in [3.05, 3.63) is 0 Å². The molecule has 0 radical (unpaired) electrons. The molecule has 0 aromatic rings. The fourth-order valence-corrected chi connectivity index (χ4v) is 5.89. The smallest absolute Gasteiger partial charge is 0.307 e. The molecular weight excluding hydrogens is 718 g/mol. The van der Waals surface area contributed by atoms with Crippen LogP contribution in [0.4, 0.5) is 0 Å². The van der Waals surface area contributed by atoms with E-state index in [4.69, 9.17) is 30.4 Å². The Balaban J connectivity index is 4.37. The molecule has 14 heteroatoms. The molecule has 0 aliphatic rings. The lowest BCUT2D eigenvalue weighted by molar-refractivity contribution is -0.144. The van der Waals surface area contributed by atoms with Crippen molar-refractivity contribution in [3.63, 3.8) is 0 Å². The maximum atomic E-state index is 13.2. The predicted octanol–water partition coefficient (Wildman–Crippen LogP) is 4.21. The topological polar surface area (TPSA) is 205 Å². The van der Waals surface area contributed by atoms with E-state index in [0.717, 1.165) is 70.6 Å². The number of Topliss-reactive ketones (excluding diaryl/α,β-unsaturated/α-hetero) is 2. The average molecular weight is 802 g/mol. The molecule has 7 N–H and O–H groups in total. The van der Waals surface area contributed by atoms with Gasteiger partial charge in [0.15, 0.2) is 11.6 Å². The fraction of sp³-hybridized carbons (Fsp3) is 0.905. The van der Waals surface area contributed by atoms with E-state index in [0.29, 0.717) is 104 Å². The molecule has 0 fully saturated rings.